The van der Waals surface area contributed by atoms with Crippen LogP contribution in [0.4, 0.5) is 10.5 Å². The van der Waals surface area contributed by atoms with Crippen molar-refractivity contribution in [2.75, 3.05) is 12.0 Å². The first kappa shape index (κ1) is 25.7. The first-order valence-corrected chi connectivity index (χ1v) is 10.8. The smallest absolute Gasteiger partial charge is 0.414 e. The number of nitriles is 2. The molecule has 33 heavy (non-hydrogen) atoms. The lowest BCUT2D eigenvalue weighted by Gasteiger charge is -2.28. The van der Waals surface area contributed by atoms with Crippen molar-refractivity contribution in [1.82, 2.24) is 4.90 Å². The maximum Gasteiger partial charge on any atom is 0.414 e. The fraction of sp³-hybridized carbons (Fsp3) is 0.261. The fourth-order valence-electron chi connectivity index (χ4n) is 3.39. The van der Waals surface area contributed by atoms with Crippen LogP contribution in [-0.4, -0.2) is 34.3 Å². The molecule has 0 saturated heterocycles. The summed E-state index contributed by atoms with van der Waals surface area (Å²) in [6.45, 7) is 3.30. The highest BCUT2D eigenvalue weighted by molar-refractivity contribution is 6.46. The molecule has 10 heteroatoms. The van der Waals surface area contributed by atoms with Gasteiger partial charge in [0.05, 0.1) is 11.8 Å². The summed E-state index contributed by atoms with van der Waals surface area (Å²) in [5.41, 5.74) is 2.61. The number of rotatable bonds is 8. The number of nitrogens with zero attached hydrogens (tertiary/aromatic N) is 4. The zero-order chi connectivity index (χ0) is 24.6. The number of benzene rings is 2. The Hall–Kier alpha value is -3.59. The molecule has 0 bridgehead atoms. The average Bonchev–Trinajstić information content (AvgIpc) is 2.79. The number of hydrogen-bond donors (Lipinski definition) is 2. The van der Waals surface area contributed by atoms with Crippen LogP contribution in [0, 0.1) is 22.7 Å². The minimum Gasteiger partial charge on any atom is -0.465 e. The van der Waals surface area contributed by atoms with Crippen LogP contribution in [0.1, 0.15) is 37.8 Å². The topological polar surface area (TPSA) is 130 Å². The van der Waals surface area contributed by atoms with Crippen molar-refractivity contribution in [3.05, 3.63) is 63.6 Å². The molecule has 170 valence electrons. The van der Waals surface area contributed by atoms with Crippen LogP contribution >= 0.6 is 23.2 Å². The number of anilines is 1. The van der Waals surface area contributed by atoms with Gasteiger partial charge in [0.1, 0.15) is 11.5 Å². The molecule has 0 aliphatic rings. The number of hydrogen-bond acceptors (Lipinski definition) is 6. The Morgan fingerprint density at radius 3 is 2.30 bits per heavy atom. The molecule has 1 atom stereocenters. The summed E-state index contributed by atoms with van der Waals surface area (Å²) in [6, 6.07) is 15.8. The van der Waals surface area contributed by atoms with Crippen molar-refractivity contribution < 1.29 is 14.7 Å². The number of halogens is 2. The van der Waals surface area contributed by atoms with Crippen LogP contribution in [-0.2, 0) is 10.2 Å². The predicted molar refractivity (Wildman–Crippen MR) is 126 cm³/mol. The number of carbonyl (C=O) groups is 2. The molecule has 0 aliphatic heterocycles. The van der Waals surface area contributed by atoms with E-state index < -0.39 is 23.1 Å². The van der Waals surface area contributed by atoms with Gasteiger partial charge >= 0.3 is 6.09 Å². The minimum atomic E-state index is -1.48. The molecule has 2 aromatic rings. The second-order valence-electron chi connectivity index (χ2n) is 6.98. The molecule has 0 spiro atoms. The van der Waals surface area contributed by atoms with E-state index in [1.807, 2.05) is 6.92 Å². The number of imide groups is 1. The number of hydrazone groups is 1. The number of amides is 2. The lowest BCUT2D eigenvalue weighted by atomic mass is 9.72. The van der Waals surface area contributed by atoms with E-state index in [9.17, 15) is 20.1 Å². The molecule has 2 aromatic carbocycles. The van der Waals surface area contributed by atoms with Crippen molar-refractivity contribution in [2.45, 2.75) is 32.1 Å². The largest absolute Gasteiger partial charge is 0.465 e. The molecule has 0 aromatic heterocycles. The van der Waals surface area contributed by atoms with E-state index in [1.165, 1.54) is 13.0 Å². The van der Waals surface area contributed by atoms with Gasteiger partial charge in [-0.2, -0.15) is 15.6 Å². The standard InChI is InChI=1S/C23H21Cl2N5O3/c1-3-11-23(14-27,15-5-7-16(24)8-6-15)18-10-9-17(12-19(18)25)28-29-20(13-26)21(31)30(4-2)22(32)33/h5-10,12,28H,3-4,11H2,1-2H3,(H,32,33)/b29-20+. The Bertz CT molecular complexity index is 1150. The van der Waals surface area contributed by atoms with E-state index in [0.29, 0.717) is 27.6 Å². The molecule has 0 heterocycles. The SMILES string of the molecule is CCCC(C#N)(c1ccc(Cl)cc1)c1ccc(N/N=C(\C#N)C(=O)N(CC)C(=O)O)cc1Cl. The molecule has 0 radical (unpaired) electrons. The van der Waals surface area contributed by atoms with Gasteiger partial charge in [-0.3, -0.25) is 10.2 Å². The van der Waals surface area contributed by atoms with E-state index in [0.717, 1.165) is 12.0 Å². The monoisotopic (exact) mass is 485 g/mol. The second-order valence-corrected chi connectivity index (χ2v) is 7.83. The van der Waals surface area contributed by atoms with E-state index in [-0.39, 0.29) is 11.6 Å². The summed E-state index contributed by atoms with van der Waals surface area (Å²) < 4.78 is 0. The van der Waals surface area contributed by atoms with Gasteiger partial charge in [-0.05, 0) is 48.7 Å². The minimum absolute atomic E-state index is 0.131. The van der Waals surface area contributed by atoms with E-state index >= 15 is 0 Å². The highest BCUT2D eigenvalue weighted by atomic mass is 35.5. The summed E-state index contributed by atoms with van der Waals surface area (Å²) >= 11 is 12.6. The maximum absolute atomic E-state index is 12.2. The van der Waals surface area contributed by atoms with Crippen molar-refractivity contribution in [3.63, 3.8) is 0 Å². The van der Waals surface area contributed by atoms with Gasteiger partial charge < -0.3 is 5.11 Å². The molecule has 8 nitrogen and oxygen atoms in total. The molecule has 0 saturated carbocycles. The molecule has 1 unspecified atom stereocenters. The fourth-order valence-corrected chi connectivity index (χ4v) is 3.86. The van der Waals surface area contributed by atoms with Crippen molar-refractivity contribution in [3.8, 4) is 12.1 Å². The third-order valence-electron chi connectivity index (χ3n) is 4.98. The normalized spacial score (nSPS) is 12.7. The number of carboxylic acid groups (broad SMARTS) is 1. The average molecular weight is 486 g/mol. The van der Waals surface area contributed by atoms with Crippen LogP contribution in [0.15, 0.2) is 47.6 Å². The molecular formula is C23H21Cl2N5O3. The van der Waals surface area contributed by atoms with Gasteiger partial charge in [0.25, 0.3) is 5.91 Å². The van der Waals surface area contributed by atoms with Crippen LogP contribution in [0.25, 0.3) is 0 Å². The van der Waals surface area contributed by atoms with E-state index in [2.05, 4.69) is 16.6 Å². The summed E-state index contributed by atoms with van der Waals surface area (Å²) in [4.78, 5) is 23.8. The lowest BCUT2D eigenvalue weighted by Crippen LogP contribution is -2.40. The van der Waals surface area contributed by atoms with Crippen LogP contribution in [0.3, 0.4) is 0 Å². The summed E-state index contributed by atoms with van der Waals surface area (Å²) in [6.07, 6.45) is -0.240. The van der Waals surface area contributed by atoms with Gasteiger partial charge in [0.15, 0.2) is 0 Å². The summed E-state index contributed by atoms with van der Waals surface area (Å²) in [7, 11) is 0. The van der Waals surface area contributed by atoms with Gasteiger partial charge in [-0.15, -0.1) is 0 Å². The number of nitrogens with one attached hydrogen (secondary N) is 1. The van der Waals surface area contributed by atoms with Gasteiger partial charge in [-0.1, -0.05) is 54.7 Å². The zero-order valence-electron chi connectivity index (χ0n) is 18.0. The molecule has 0 aliphatic carbocycles. The van der Waals surface area contributed by atoms with Crippen molar-refractivity contribution in [2.24, 2.45) is 5.10 Å². The maximum atomic E-state index is 12.2. The first-order chi connectivity index (χ1) is 15.7. The van der Waals surface area contributed by atoms with E-state index in [1.54, 1.807) is 42.5 Å². The summed E-state index contributed by atoms with van der Waals surface area (Å²) in [5, 5.41) is 33.0. The Labute approximate surface area is 201 Å². The Kier molecular flexibility index (Phi) is 8.81. The highest BCUT2D eigenvalue weighted by Gasteiger charge is 2.35. The lowest BCUT2D eigenvalue weighted by molar-refractivity contribution is -0.121. The van der Waals surface area contributed by atoms with Gasteiger partial charge in [0, 0.05) is 16.6 Å². The molecular weight excluding hydrogens is 465 g/mol. The summed E-state index contributed by atoms with van der Waals surface area (Å²) in [5.74, 6) is -1.04. The third kappa shape index (κ3) is 5.61. The van der Waals surface area contributed by atoms with Crippen LogP contribution in [0.5, 0.6) is 0 Å². The van der Waals surface area contributed by atoms with Crippen molar-refractivity contribution in [1.29, 1.82) is 10.5 Å². The van der Waals surface area contributed by atoms with Crippen molar-refractivity contribution >= 4 is 46.6 Å². The molecule has 0 fully saturated rings. The number of carbonyl (C=O) groups excluding carboxylic acids is 1. The quantitative estimate of drug-likeness (QED) is 0.379. The van der Waals surface area contributed by atoms with Crippen LogP contribution in [0.2, 0.25) is 10.0 Å². The van der Waals surface area contributed by atoms with Gasteiger partial charge in [-0.25, -0.2) is 9.69 Å². The Morgan fingerprint density at radius 1 is 1.15 bits per heavy atom. The highest BCUT2D eigenvalue weighted by Crippen LogP contribution is 2.41. The molecule has 2 amide bonds. The predicted octanol–water partition coefficient (Wildman–Crippen LogP) is 5.42. The Balaban J connectivity index is 2.42. The van der Waals surface area contributed by atoms with Crippen LogP contribution < -0.4 is 5.43 Å². The second kappa shape index (κ2) is 11.3. The third-order valence-corrected chi connectivity index (χ3v) is 5.54. The first-order valence-electron chi connectivity index (χ1n) is 9.99. The van der Waals surface area contributed by atoms with Gasteiger partial charge in [0.2, 0.25) is 5.71 Å². The Morgan fingerprint density at radius 2 is 1.82 bits per heavy atom. The van der Waals surface area contributed by atoms with E-state index in [4.69, 9.17) is 28.3 Å². The molecule has 2 rings (SSSR count). The zero-order valence-corrected chi connectivity index (χ0v) is 19.5. The molecule has 2 N–H and O–H groups in total.